The van der Waals surface area contributed by atoms with Crippen LogP contribution in [0.4, 0.5) is 0 Å². The van der Waals surface area contributed by atoms with E-state index in [2.05, 4.69) is 86.8 Å². The monoisotopic (exact) mass is 468 g/mol. The van der Waals surface area contributed by atoms with Crippen LogP contribution in [0.5, 0.6) is 0 Å². The fourth-order valence-corrected chi connectivity index (χ4v) is 5.75. The molecule has 31 heavy (non-hydrogen) atoms. The second kappa shape index (κ2) is 14.1. The fraction of sp³-hybridized carbons (Fsp3) is 0.148. The summed E-state index contributed by atoms with van der Waals surface area (Å²) in [5.41, 5.74) is 1.40. The van der Waals surface area contributed by atoms with Crippen molar-refractivity contribution in [3.8, 4) is 0 Å². The van der Waals surface area contributed by atoms with E-state index in [1.165, 1.54) is 22.2 Å². The van der Waals surface area contributed by atoms with Gasteiger partial charge in [-0.25, -0.2) is 0 Å². The van der Waals surface area contributed by atoms with Crippen LogP contribution in [0.2, 0.25) is 0 Å². The van der Waals surface area contributed by atoms with Gasteiger partial charge in [0.15, 0.2) is 0 Å². The van der Waals surface area contributed by atoms with Crippen molar-refractivity contribution in [1.29, 1.82) is 0 Å². The van der Waals surface area contributed by atoms with Crippen LogP contribution in [-0.2, 0) is 17.1 Å². The van der Waals surface area contributed by atoms with Gasteiger partial charge in [0.2, 0.25) is 0 Å². The SMILES string of the molecule is CC(N=CN(C)C)[C]1[CH][CH][CH][C]1P(c1ccccc1)c1ccccc1.[CH]1[CH][CH][CH][CH]1.[Fe]. The van der Waals surface area contributed by atoms with Gasteiger partial charge in [0.1, 0.15) is 0 Å². The van der Waals surface area contributed by atoms with Crippen LogP contribution >= 0.6 is 7.92 Å². The minimum Gasteiger partial charge on any atom is -0.369 e. The molecule has 2 aromatic rings. The molecule has 2 fully saturated rings. The summed E-state index contributed by atoms with van der Waals surface area (Å²) in [5, 5.41) is 2.75. The molecule has 2 nitrogen and oxygen atoms in total. The van der Waals surface area contributed by atoms with E-state index in [4.69, 9.17) is 4.99 Å². The summed E-state index contributed by atoms with van der Waals surface area (Å²) in [5.74, 6) is 1.32. The van der Waals surface area contributed by atoms with Gasteiger partial charge in [0.05, 0.1) is 12.4 Å². The number of hydrogen-bond acceptors (Lipinski definition) is 1. The Labute approximate surface area is 202 Å². The largest absolute Gasteiger partial charge is 0.369 e. The first-order valence-electron chi connectivity index (χ1n) is 10.2. The zero-order valence-electron chi connectivity index (χ0n) is 18.2. The molecule has 0 amide bonds. The van der Waals surface area contributed by atoms with E-state index in [0.29, 0.717) is 0 Å². The topological polar surface area (TPSA) is 15.6 Å². The summed E-state index contributed by atoms with van der Waals surface area (Å²) in [6, 6.07) is 21.8. The van der Waals surface area contributed by atoms with Gasteiger partial charge in [-0.1, -0.05) is 60.7 Å². The maximum atomic E-state index is 4.71. The maximum Gasteiger partial charge on any atom is 0.0848 e. The summed E-state index contributed by atoms with van der Waals surface area (Å²) in [7, 11) is 3.43. The van der Waals surface area contributed by atoms with Crippen molar-refractivity contribution >= 4 is 24.9 Å². The first-order chi connectivity index (χ1) is 14.7. The first kappa shape index (κ1) is 26.1. The number of nitrogens with zero attached hydrogens (tertiary/aromatic N) is 2. The Hall–Kier alpha value is -1.14. The zero-order chi connectivity index (χ0) is 21.2. The molecule has 1 atom stereocenters. The van der Waals surface area contributed by atoms with Crippen molar-refractivity contribution in [1.82, 2.24) is 4.90 Å². The third-order valence-corrected chi connectivity index (χ3v) is 7.14. The Morgan fingerprint density at radius 1 is 0.742 bits per heavy atom. The average molecular weight is 468 g/mol. The summed E-state index contributed by atoms with van der Waals surface area (Å²) in [4.78, 5) is 6.69. The summed E-state index contributed by atoms with van der Waals surface area (Å²) in [6.07, 6.45) is 18.5. The third kappa shape index (κ3) is 8.05. The molecule has 0 saturated heterocycles. The molecule has 160 valence electrons. The van der Waals surface area contributed by atoms with Crippen LogP contribution in [-0.4, -0.2) is 31.4 Å². The van der Waals surface area contributed by atoms with E-state index in [9.17, 15) is 0 Å². The van der Waals surface area contributed by atoms with Crippen LogP contribution in [0.1, 0.15) is 6.92 Å². The molecule has 4 heteroatoms. The predicted molar refractivity (Wildman–Crippen MR) is 132 cm³/mol. The molecule has 0 bridgehead atoms. The molecule has 2 saturated carbocycles. The van der Waals surface area contributed by atoms with Gasteiger partial charge in [0.25, 0.3) is 0 Å². The molecule has 2 aliphatic rings. The van der Waals surface area contributed by atoms with Gasteiger partial charge in [-0.2, -0.15) is 0 Å². The Bertz CT molecular complexity index is 699. The van der Waals surface area contributed by atoms with Crippen molar-refractivity contribution in [2.45, 2.75) is 13.0 Å². The van der Waals surface area contributed by atoms with Crippen molar-refractivity contribution in [2.24, 2.45) is 4.99 Å². The summed E-state index contributed by atoms with van der Waals surface area (Å²) < 4.78 is 0. The standard InChI is InChI=1S/C22H24N2P.C5H5.Fe/c1-18(23-17-24(2)3)21-15-10-16-22(21)25(19-11-6-4-7-12-19)20-13-8-5-9-14-20;1-2-4-5-3-1;/h4-18H,1-3H3;1-5H;. The molecule has 1 unspecified atom stereocenters. The van der Waals surface area contributed by atoms with Crippen molar-refractivity contribution in [2.75, 3.05) is 14.1 Å². The quantitative estimate of drug-likeness (QED) is 0.256. The predicted octanol–water partition coefficient (Wildman–Crippen LogP) is 4.85. The van der Waals surface area contributed by atoms with E-state index in [1.54, 1.807) is 0 Å². The molecule has 2 aliphatic carbocycles. The molecule has 0 spiro atoms. The van der Waals surface area contributed by atoms with E-state index in [1.807, 2.05) is 57.4 Å². The van der Waals surface area contributed by atoms with Gasteiger partial charge >= 0.3 is 0 Å². The molecule has 4 rings (SSSR count). The normalized spacial score (nSPS) is 17.9. The average Bonchev–Trinajstić information content (AvgIpc) is 3.49. The molecule has 2 aromatic carbocycles. The van der Waals surface area contributed by atoms with Gasteiger partial charge < -0.3 is 4.90 Å². The van der Waals surface area contributed by atoms with E-state index in [-0.39, 0.29) is 23.1 Å². The van der Waals surface area contributed by atoms with Crippen LogP contribution in [0, 0.1) is 62.9 Å². The van der Waals surface area contributed by atoms with Crippen molar-refractivity contribution in [3.63, 3.8) is 0 Å². The van der Waals surface area contributed by atoms with Crippen LogP contribution in [0.15, 0.2) is 65.7 Å². The van der Waals surface area contributed by atoms with Gasteiger partial charge in [0, 0.05) is 42.7 Å². The number of benzene rings is 2. The summed E-state index contributed by atoms with van der Waals surface area (Å²) in [6.45, 7) is 2.17. The Kier molecular flexibility index (Phi) is 11.9. The van der Waals surface area contributed by atoms with E-state index >= 15 is 0 Å². The number of rotatable bonds is 6. The zero-order valence-corrected chi connectivity index (χ0v) is 20.2. The van der Waals surface area contributed by atoms with Gasteiger partial charge in [-0.15, -0.1) is 0 Å². The van der Waals surface area contributed by atoms with Gasteiger partial charge in [-0.3, -0.25) is 4.99 Å². The Balaban J connectivity index is 0.000000501. The molecule has 0 aromatic heterocycles. The molecular weight excluding hydrogens is 439 g/mol. The molecule has 0 heterocycles. The Morgan fingerprint density at radius 2 is 1.23 bits per heavy atom. The van der Waals surface area contributed by atoms with Gasteiger partial charge in [-0.05, 0) is 76.8 Å². The second-order valence-electron chi connectivity index (χ2n) is 7.24. The molecular formula is C27H29FeN2P. The molecule has 0 aliphatic heterocycles. The maximum absolute atomic E-state index is 4.71. The van der Waals surface area contributed by atoms with Crippen LogP contribution in [0.25, 0.3) is 0 Å². The fourth-order valence-electron chi connectivity index (χ4n) is 3.20. The van der Waals surface area contributed by atoms with Crippen LogP contribution in [0.3, 0.4) is 0 Å². The number of aliphatic imine (C=N–C) groups is 1. The van der Waals surface area contributed by atoms with Crippen molar-refractivity contribution < 1.29 is 17.1 Å². The first-order valence-corrected chi connectivity index (χ1v) is 11.5. The van der Waals surface area contributed by atoms with Crippen LogP contribution < -0.4 is 10.6 Å². The third-order valence-electron chi connectivity index (χ3n) is 4.62. The van der Waals surface area contributed by atoms with E-state index < -0.39 is 7.92 Å². The summed E-state index contributed by atoms with van der Waals surface area (Å²) >= 11 is 0. The number of hydrogen-bond donors (Lipinski definition) is 0. The minimum absolute atomic E-state index is 0. The smallest absolute Gasteiger partial charge is 0.0848 e. The molecule has 0 N–H and O–H groups in total. The van der Waals surface area contributed by atoms with E-state index in [0.717, 1.165) is 0 Å². The van der Waals surface area contributed by atoms with Crippen molar-refractivity contribution in [3.05, 3.63) is 124 Å². The Morgan fingerprint density at radius 3 is 1.68 bits per heavy atom. The molecule has 10 radical (unpaired) electrons. The minimum atomic E-state index is -0.576. The second-order valence-corrected chi connectivity index (χ2v) is 9.42.